The molecule has 8 heteroatoms. The third-order valence-electron chi connectivity index (χ3n) is 4.95. The summed E-state index contributed by atoms with van der Waals surface area (Å²) in [5.74, 6) is -0.965. The van der Waals surface area contributed by atoms with E-state index in [1.165, 1.54) is 18.2 Å². The van der Waals surface area contributed by atoms with Crippen molar-refractivity contribution in [2.24, 2.45) is 0 Å². The number of nitrogens with zero attached hydrogens (tertiary/aromatic N) is 1. The van der Waals surface area contributed by atoms with E-state index in [1.54, 1.807) is 30.3 Å². The summed E-state index contributed by atoms with van der Waals surface area (Å²) in [5, 5.41) is 1.94. The highest BCUT2D eigenvalue weighted by molar-refractivity contribution is 8.18. The van der Waals surface area contributed by atoms with E-state index in [-0.39, 0.29) is 10.6 Å². The van der Waals surface area contributed by atoms with E-state index in [1.807, 2.05) is 25.1 Å². The van der Waals surface area contributed by atoms with Crippen LogP contribution in [0.1, 0.15) is 16.7 Å². The average Bonchev–Trinajstić information content (AvgIpc) is 3.06. The predicted molar refractivity (Wildman–Crippen MR) is 130 cm³/mol. The molecule has 6 nitrogen and oxygen atoms in total. The summed E-state index contributed by atoms with van der Waals surface area (Å²) in [6.45, 7) is 2.01. The van der Waals surface area contributed by atoms with Crippen molar-refractivity contribution in [2.75, 3.05) is 11.9 Å². The van der Waals surface area contributed by atoms with Gasteiger partial charge in [-0.2, -0.15) is 0 Å². The third-order valence-corrected chi connectivity index (χ3v) is 5.86. The number of aryl methyl sites for hydroxylation is 1. The van der Waals surface area contributed by atoms with Crippen LogP contribution in [-0.4, -0.2) is 28.5 Å². The van der Waals surface area contributed by atoms with Crippen LogP contribution >= 0.6 is 11.8 Å². The van der Waals surface area contributed by atoms with Crippen LogP contribution in [0.4, 0.5) is 14.9 Å². The smallest absolute Gasteiger partial charge is 0.294 e. The molecule has 1 fully saturated rings. The molecule has 0 saturated carbocycles. The third kappa shape index (κ3) is 5.90. The molecule has 3 aromatic rings. The first kappa shape index (κ1) is 23.3. The minimum atomic E-state index is -0.593. The Kier molecular flexibility index (Phi) is 7.08. The molecule has 0 aromatic heterocycles. The molecule has 4 rings (SSSR count). The lowest BCUT2D eigenvalue weighted by Crippen LogP contribution is -2.36. The number of carbonyl (C=O) groups is 3. The number of hydrogen-bond acceptors (Lipinski definition) is 5. The molecule has 3 amide bonds. The highest BCUT2D eigenvalue weighted by Crippen LogP contribution is 2.32. The summed E-state index contributed by atoms with van der Waals surface area (Å²) >= 11 is 0.768. The Morgan fingerprint density at radius 3 is 2.56 bits per heavy atom. The van der Waals surface area contributed by atoms with Gasteiger partial charge in [-0.3, -0.25) is 19.3 Å². The van der Waals surface area contributed by atoms with Gasteiger partial charge in [-0.05, 0) is 66.2 Å². The number of carbonyl (C=O) groups excluding carboxylic acids is 3. The maximum absolute atomic E-state index is 13.3. The molecule has 0 aliphatic carbocycles. The molecular weight excluding hydrogens is 455 g/mol. The van der Waals surface area contributed by atoms with Crippen LogP contribution in [0.2, 0.25) is 0 Å². The molecule has 3 aromatic carbocycles. The van der Waals surface area contributed by atoms with Crippen molar-refractivity contribution in [3.63, 3.8) is 0 Å². The molecular formula is C26H21FN2O4S. The fraction of sp³-hybridized carbons (Fsp3) is 0.115. The summed E-state index contributed by atoms with van der Waals surface area (Å²) in [6, 6.07) is 20.6. The van der Waals surface area contributed by atoms with Crippen molar-refractivity contribution < 1.29 is 23.5 Å². The van der Waals surface area contributed by atoms with Crippen LogP contribution in [0, 0.1) is 12.7 Å². The predicted octanol–water partition coefficient (Wildman–Crippen LogP) is 5.39. The van der Waals surface area contributed by atoms with Crippen molar-refractivity contribution in [1.82, 2.24) is 4.90 Å². The van der Waals surface area contributed by atoms with Gasteiger partial charge in [0.25, 0.3) is 11.1 Å². The molecule has 1 N–H and O–H groups in total. The number of nitrogens with one attached hydrogen (secondary N) is 1. The summed E-state index contributed by atoms with van der Waals surface area (Å²) < 4.78 is 19.1. The largest absolute Gasteiger partial charge is 0.489 e. The van der Waals surface area contributed by atoms with Crippen molar-refractivity contribution >= 4 is 40.6 Å². The van der Waals surface area contributed by atoms with E-state index in [0.717, 1.165) is 39.4 Å². The van der Waals surface area contributed by atoms with E-state index < -0.39 is 29.4 Å². The molecule has 172 valence electrons. The van der Waals surface area contributed by atoms with E-state index in [2.05, 4.69) is 11.4 Å². The van der Waals surface area contributed by atoms with Crippen LogP contribution in [0.15, 0.2) is 77.7 Å². The zero-order valence-electron chi connectivity index (χ0n) is 18.3. The van der Waals surface area contributed by atoms with Gasteiger partial charge in [0.05, 0.1) is 4.91 Å². The number of anilines is 1. The molecule has 1 aliphatic rings. The highest BCUT2D eigenvalue weighted by atomic mass is 32.2. The molecule has 1 heterocycles. The van der Waals surface area contributed by atoms with Crippen molar-refractivity contribution in [3.8, 4) is 5.75 Å². The Morgan fingerprint density at radius 1 is 1.06 bits per heavy atom. The fourth-order valence-corrected chi connectivity index (χ4v) is 4.17. The molecule has 1 saturated heterocycles. The van der Waals surface area contributed by atoms with E-state index in [0.29, 0.717) is 12.4 Å². The lowest BCUT2D eigenvalue weighted by molar-refractivity contribution is -0.127. The Balaban J connectivity index is 1.36. The van der Waals surface area contributed by atoms with Crippen molar-refractivity contribution in [2.45, 2.75) is 13.5 Å². The Morgan fingerprint density at radius 2 is 1.82 bits per heavy atom. The monoisotopic (exact) mass is 476 g/mol. The van der Waals surface area contributed by atoms with E-state index >= 15 is 0 Å². The lowest BCUT2D eigenvalue weighted by atomic mass is 10.1. The van der Waals surface area contributed by atoms with E-state index in [9.17, 15) is 18.8 Å². The standard InChI is InChI=1S/C26H21FN2O4S/c1-17-4-2-5-19(12-17)16-33-22-10-8-18(9-11-22)13-23-25(31)29(26(32)34-23)15-24(30)28-21-7-3-6-20(27)14-21/h2-14H,15-16H2,1H3,(H,28,30)/b23-13+. The molecule has 0 spiro atoms. The number of halogens is 1. The summed E-state index contributed by atoms with van der Waals surface area (Å²) in [6.07, 6.45) is 1.60. The lowest BCUT2D eigenvalue weighted by Gasteiger charge is -2.12. The first-order valence-corrected chi connectivity index (χ1v) is 11.3. The molecule has 0 unspecified atom stereocenters. The van der Waals surface area contributed by atoms with Gasteiger partial charge in [0, 0.05) is 5.69 Å². The molecule has 0 atom stereocenters. The fourth-order valence-electron chi connectivity index (χ4n) is 3.33. The van der Waals surface area contributed by atoms with Gasteiger partial charge in [0.2, 0.25) is 5.91 Å². The van der Waals surface area contributed by atoms with Crippen LogP contribution in [-0.2, 0) is 16.2 Å². The second-order valence-corrected chi connectivity index (χ2v) is 8.67. The molecule has 0 radical (unpaired) electrons. The molecule has 34 heavy (non-hydrogen) atoms. The van der Waals surface area contributed by atoms with Gasteiger partial charge in [0.15, 0.2) is 0 Å². The number of ether oxygens (including phenoxy) is 1. The average molecular weight is 477 g/mol. The molecule has 1 aliphatic heterocycles. The number of benzene rings is 3. The first-order valence-electron chi connectivity index (χ1n) is 10.5. The number of rotatable bonds is 7. The van der Waals surface area contributed by atoms with Gasteiger partial charge in [-0.25, -0.2) is 4.39 Å². The topological polar surface area (TPSA) is 75.7 Å². The van der Waals surface area contributed by atoms with E-state index in [4.69, 9.17) is 4.74 Å². The Labute approximate surface area is 200 Å². The van der Waals surface area contributed by atoms with Gasteiger partial charge in [-0.15, -0.1) is 0 Å². The summed E-state index contributed by atoms with van der Waals surface area (Å²) in [7, 11) is 0. The van der Waals surface area contributed by atoms with Crippen molar-refractivity contribution in [1.29, 1.82) is 0 Å². The van der Waals surface area contributed by atoms with Crippen LogP contribution in [0.5, 0.6) is 5.75 Å². The number of imide groups is 1. The highest BCUT2D eigenvalue weighted by Gasteiger charge is 2.36. The number of amides is 3. The Hall–Kier alpha value is -3.91. The maximum atomic E-state index is 13.3. The second-order valence-electron chi connectivity index (χ2n) is 7.67. The number of thioether (sulfide) groups is 1. The van der Waals surface area contributed by atoms with Crippen LogP contribution < -0.4 is 10.1 Å². The zero-order chi connectivity index (χ0) is 24.1. The van der Waals surface area contributed by atoms with Gasteiger partial charge >= 0.3 is 0 Å². The first-order chi connectivity index (χ1) is 16.4. The minimum absolute atomic E-state index is 0.219. The normalized spacial score (nSPS) is 14.5. The Bertz CT molecular complexity index is 1270. The second kappa shape index (κ2) is 10.4. The zero-order valence-corrected chi connectivity index (χ0v) is 19.1. The molecule has 0 bridgehead atoms. The van der Waals surface area contributed by atoms with Gasteiger partial charge in [-0.1, -0.05) is 48.0 Å². The summed E-state index contributed by atoms with van der Waals surface area (Å²) in [4.78, 5) is 38.3. The number of hydrogen-bond donors (Lipinski definition) is 1. The summed E-state index contributed by atoms with van der Waals surface area (Å²) in [5.41, 5.74) is 3.20. The van der Waals surface area contributed by atoms with Gasteiger partial charge < -0.3 is 10.1 Å². The minimum Gasteiger partial charge on any atom is -0.489 e. The maximum Gasteiger partial charge on any atom is 0.294 e. The van der Waals surface area contributed by atoms with Crippen LogP contribution in [0.3, 0.4) is 0 Å². The van der Waals surface area contributed by atoms with Crippen LogP contribution in [0.25, 0.3) is 6.08 Å². The van der Waals surface area contributed by atoms with Crippen molar-refractivity contribution in [3.05, 3.63) is 100 Å². The SMILES string of the molecule is Cc1cccc(COc2ccc(/C=C3/SC(=O)N(CC(=O)Nc4cccc(F)c4)C3=O)cc2)c1. The quantitative estimate of drug-likeness (QED) is 0.463. The van der Waals surface area contributed by atoms with Gasteiger partial charge in [0.1, 0.15) is 24.7 Å².